The minimum absolute atomic E-state index is 0.230. The number of hydrogen-bond acceptors (Lipinski definition) is 3. The van der Waals surface area contributed by atoms with Gasteiger partial charge in [-0.15, -0.1) is 0 Å². The van der Waals surface area contributed by atoms with E-state index in [1.165, 1.54) is 25.7 Å². The molecular weight excluding hydrogens is 252 g/mol. The molecule has 0 radical (unpaired) electrons. The van der Waals surface area contributed by atoms with E-state index >= 15 is 0 Å². The average molecular weight is 276 g/mol. The van der Waals surface area contributed by atoms with E-state index in [1.807, 2.05) is 13.0 Å². The largest absolute Gasteiger partial charge is 0.465 e. The van der Waals surface area contributed by atoms with Gasteiger partial charge in [0.15, 0.2) is 0 Å². The maximum atomic E-state index is 11.8. The predicted molar refractivity (Wildman–Crippen MR) is 77.3 cm³/mol. The fourth-order valence-electron chi connectivity index (χ4n) is 3.23. The third-order valence-electron chi connectivity index (χ3n) is 4.45. The quantitative estimate of drug-likeness (QED) is 0.829. The molecule has 0 spiro atoms. The number of furan rings is 1. The summed E-state index contributed by atoms with van der Waals surface area (Å²) in [6.45, 7) is 6.55. The van der Waals surface area contributed by atoms with Crippen molar-refractivity contribution in [1.82, 2.24) is 9.80 Å². The number of amides is 1. The average Bonchev–Trinajstić information content (AvgIpc) is 3.02. The molecule has 110 valence electrons. The molecule has 1 saturated heterocycles. The second-order valence-corrected chi connectivity index (χ2v) is 6.18. The van der Waals surface area contributed by atoms with Gasteiger partial charge in [0.05, 0.1) is 6.54 Å². The van der Waals surface area contributed by atoms with Crippen molar-refractivity contribution >= 4 is 5.91 Å². The molecule has 1 atom stereocenters. The smallest absolute Gasteiger partial charge is 0.219 e. The van der Waals surface area contributed by atoms with Gasteiger partial charge in [0.2, 0.25) is 5.91 Å². The molecular formula is C16H24N2O2. The van der Waals surface area contributed by atoms with Crippen molar-refractivity contribution in [2.45, 2.75) is 58.2 Å². The molecule has 20 heavy (non-hydrogen) atoms. The molecule has 0 unspecified atom stereocenters. The maximum absolute atomic E-state index is 11.8. The first-order valence-corrected chi connectivity index (χ1v) is 7.70. The molecule has 0 N–H and O–H groups in total. The van der Waals surface area contributed by atoms with Crippen LogP contribution in [0.5, 0.6) is 0 Å². The van der Waals surface area contributed by atoms with Crippen molar-refractivity contribution in [3.05, 3.63) is 23.7 Å². The number of hydrogen-bond donors (Lipinski definition) is 0. The summed E-state index contributed by atoms with van der Waals surface area (Å²) < 4.78 is 5.68. The SMILES string of the molecule is CC(=O)N(C[C@@H]1CCCN1Cc1ccc(C)o1)C1CC1. The summed E-state index contributed by atoms with van der Waals surface area (Å²) in [6.07, 6.45) is 4.78. The summed E-state index contributed by atoms with van der Waals surface area (Å²) in [5, 5.41) is 0. The third-order valence-corrected chi connectivity index (χ3v) is 4.45. The minimum Gasteiger partial charge on any atom is -0.465 e. The molecule has 0 aromatic carbocycles. The van der Waals surface area contributed by atoms with Gasteiger partial charge in [-0.25, -0.2) is 0 Å². The predicted octanol–water partition coefficient (Wildman–Crippen LogP) is 2.56. The zero-order valence-electron chi connectivity index (χ0n) is 12.5. The summed E-state index contributed by atoms with van der Waals surface area (Å²) in [5.41, 5.74) is 0. The van der Waals surface area contributed by atoms with Gasteiger partial charge in [0, 0.05) is 25.6 Å². The molecule has 2 aliphatic rings. The Bertz CT molecular complexity index is 479. The summed E-state index contributed by atoms with van der Waals surface area (Å²) in [6, 6.07) is 5.09. The Morgan fingerprint density at radius 3 is 2.80 bits per heavy atom. The molecule has 2 fully saturated rings. The second kappa shape index (κ2) is 5.60. The Hall–Kier alpha value is -1.29. The molecule has 4 nitrogen and oxygen atoms in total. The normalized spacial score (nSPS) is 23.2. The van der Waals surface area contributed by atoms with E-state index in [9.17, 15) is 4.79 Å². The van der Waals surface area contributed by atoms with Crippen molar-refractivity contribution in [3.63, 3.8) is 0 Å². The molecule has 1 saturated carbocycles. The number of carbonyl (C=O) groups excluding carboxylic acids is 1. The van der Waals surface area contributed by atoms with E-state index in [4.69, 9.17) is 4.42 Å². The molecule has 0 bridgehead atoms. The molecule has 1 aliphatic heterocycles. The zero-order valence-corrected chi connectivity index (χ0v) is 12.5. The van der Waals surface area contributed by atoms with Crippen molar-refractivity contribution in [2.75, 3.05) is 13.1 Å². The van der Waals surface area contributed by atoms with Gasteiger partial charge in [-0.3, -0.25) is 9.69 Å². The van der Waals surface area contributed by atoms with Crippen LogP contribution < -0.4 is 0 Å². The Kier molecular flexibility index (Phi) is 3.83. The summed E-state index contributed by atoms with van der Waals surface area (Å²) in [4.78, 5) is 16.3. The highest BCUT2D eigenvalue weighted by molar-refractivity contribution is 5.74. The van der Waals surface area contributed by atoms with Crippen LogP contribution in [0.2, 0.25) is 0 Å². The number of rotatable bonds is 5. The van der Waals surface area contributed by atoms with Crippen molar-refractivity contribution in [2.24, 2.45) is 0 Å². The van der Waals surface area contributed by atoms with Crippen molar-refractivity contribution < 1.29 is 9.21 Å². The molecule has 2 heterocycles. The van der Waals surface area contributed by atoms with Crippen LogP contribution in [0.4, 0.5) is 0 Å². The second-order valence-electron chi connectivity index (χ2n) is 6.18. The lowest BCUT2D eigenvalue weighted by Crippen LogP contribution is -2.43. The Labute approximate surface area is 120 Å². The summed E-state index contributed by atoms with van der Waals surface area (Å²) in [7, 11) is 0. The van der Waals surface area contributed by atoms with Gasteiger partial charge in [0.1, 0.15) is 11.5 Å². The Morgan fingerprint density at radius 2 is 2.20 bits per heavy atom. The first-order chi connectivity index (χ1) is 9.63. The van der Waals surface area contributed by atoms with Crippen molar-refractivity contribution in [1.29, 1.82) is 0 Å². The monoisotopic (exact) mass is 276 g/mol. The zero-order chi connectivity index (χ0) is 14.1. The lowest BCUT2D eigenvalue weighted by atomic mass is 10.2. The Balaban J connectivity index is 1.61. The van der Waals surface area contributed by atoms with Crippen LogP contribution in [0.3, 0.4) is 0 Å². The maximum Gasteiger partial charge on any atom is 0.219 e. The van der Waals surface area contributed by atoms with E-state index in [1.54, 1.807) is 6.92 Å². The van der Waals surface area contributed by atoms with E-state index < -0.39 is 0 Å². The van der Waals surface area contributed by atoms with E-state index in [2.05, 4.69) is 15.9 Å². The molecule has 1 amide bonds. The first-order valence-electron chi connectivity index (χ1n) is 7.70. The number of carbonyl (C=O) groups is 1. The van der Waals surface area contributed by atoms with E-state index in [0.29, 0.717) is 12.1 Å². The van der Waals surface area contributed by atoms with Crippen LogP contribution in [-0.4, -0.2) is 40.9 Å². The van der Waals surface area contributed by atoms with Crippen LogP contribution in [0.15, 0.2) is 16.5 Å². The van der Waals surface area contributed by atoms with Crippen LogP contribution in [0, 0.1) is 6.92 Å². The topological polar surface area (TPSA) is 36.7 Å². The molecule has 1 aromatic rings. The standard InChI is InChI=1S/C16H24N2O2/c1-12-5-8-16(20-12)11-17-9-3-4-15(17)10-18(13(2)19)14-6-7-14/h5,8,14-15H,3-4,6-7,9-11H2,1-2H3/t15-/m0/s1. The number of nitrogens with zero attached hydrogens (tertiary/aromatic N) is 2. The fourth-order valence-corrected chi connectivity index (χ4v) is 3.23. The Morgan fingerprint density at radius 1 is 1.40 bits per heavy atom. The summed E-state index contributed by atoms with van der Waals surface area (Å²) in [5.74, 6) is 2.24. The van der Waals surface area contributed by atoms with E-state index in [-0.39, 0.29) is 5.91 Å². The third kappa shape index (κ3) is 3.06. The van der Waals surface area contributed by atoms with Gasteiger partial charge >= 0.3 is 0 Å². The van der Waals surface area contributed by atoms with Gasteiger partial charge in [0.25, 0.3) is 0 Å². The van der Waals surface area contributed by atoms with Gasteiger partial charge in [-0.2, -0.15) is 0 Å². The lowest BCUT2D eigenvalue weighted by molar-refractivity contribution is -0.130. The highest BCUT2D eigenvalue weighted by Gasteiger charge is 2.35. The lowest BCUT2D eigenvalue weighted by Gasteiger charge is -2.30. The van der Waals surface area contributed by atoms with Crippen LogP contribution >= 0.6 is 0 Å². The summed E-state index contributed by atoms with van der Waals surface area (Å²) >= 11 is 0. The van der Waals surface area contributed by atoms with Crippen LogP contribution in [0.1, 0.15) is 44.1 Å². The van der Waals surface area contributed by atoms with Gasteiger partial charge < -0.3 is 9.32 Å². The van der Waals surface area contributed by atoms with Gasteiger partial charge in [-0.05, 0) is 51.3 Å². The number of likely N-dealkylation sites (tertiary alicyclic amines) is 1. The van der Waals surface area contributed by atoms with Crippen LogP contribution in [-0.2, 0) is 11.3 Å². The molecule has 3 rings (SSSR count). The highest BCUT2D eigenvalue weighted by atomic mass is 16.3. The molecule has 1 aliphatic carbocycles. The number of aryl methyl sites for hydroxylation is 1. The molecule has 4 heteroatoms. The molecule has 1 aromatic heterocycles. The fraction of sp³-hybridized carbons (Fsp3) is 0.688. The first kappa shape index (κ1) is 13.7. The van der Waals surface area contributed by atoms with Crippen molar-refractivity contribution in [3.8, 4) is 0 Å². The minimum atomic E-state index is 0.230. The highest BCUT2D eigenvalue weighted by Crippen LogP contribution is 2.29. The van der Waals surface area contributed by atoms with Crippen LogP contribution in [0.25, 0.3) is 0 Å². The van der Waals surface area contributed by atoms with Gasteiger partial charge in [-0.1, -0.05) is 0 Å². The van der Waals surface area contributed by atoms with E-state index in [0.717, 1.165) is 31.2 Å².